The molecule has 2 aliphatic rings. The van der Waals surface area contributed by atoms with E-state index in [0.29, 0.717) is 0 Å². The number of piperidine rings is 1. The van der Waals surface area contributed by atoms with Gasteiger partial charge in [0, 0.05) is 13.2 Å². The second-order valence-electron chi connectivity index (χ2n) is 5.60. The van der Waals surface area contributed by atoms with E-state index in [-0.39, 0.29) is 5.54 Å². The molecule has 3 nitrogen and oxygen atoms in total. The first-order valence-corrected chi connectivity index (χ1v) is 7.21. The molecule has 1 aromatic heterocycles. The maximum Gasteiger partial charge on any atom is 0.124 e. The lowest BCUT2D eigenvalue weighted by Gasteiger charge is -2.46. The Balaban J connectivity index is 1.91. The van der Waals surface area contributed by atoms with Gasteiger partial charge in [-0.2, -0.15) is 0 Å². The lowest BCUT2D eigenvalue weighted by atomic mass is 9.84. The Morgan fingerprint density at radius 1 is 1.06 bits per heavy atom. The van der Waals surface area contributed by atoms with Crippen molar-refractivity contribution in [2.24, 2.45) is 0 Å². The number of aryl methyl sites for hydroxylation is 1. The molecular formula is C15H23NO2. The van der Waals surface area contributed by atoms with E-state index in [2.05, 4.69) is 17.0 Å². The van der Waals surface area contributed by atoms with Gasteiger partial charge in [-0.25, -0.2) is 0 Å². The van der Waals surface area contributed by atoms with Crippen molar-refractivity contribution in [1.29, 1.82) is 0 Å². The fraction of sp³-hybridized carbons (Fsp3) is 0.733. The SMILES string of the molecule is Cc1ccc(C2(N3CCCCC3)CCOCC2)o1. The van der Waals surface area contributed by atoms with Crippen molar-refractivity contribution in [3.05, 3.63) is 23.7 Å². The molecule has 0 amide bonds. The van der Waals surface area contributed by atoms with E-state index in [0.717, 1.165) is 37.6 Å². The molecule has 0 N–H and O–H groups in total. The van der Waals surface area contributed by atoms with Crippen LogP contribution in [0.25, 0.3) is 0 Å². The average Bonchev–Trinajstić information content (AvgIpc) is 2.88. The summed E-state index contributed by atoms with van der Waals surface area (Å²) in [4.78, 5) is 2.65. The van der Waals surface area contributed by atoms with Gasteiger partial charge in [-0.05, 0) is 57.8 Å². The van der Waals surface area contributed by atoms with Gasteiger partial charge in [-0.15, -0.1) is 0 Å². The Hall–Kier alpha value is -0.800. The van der Waals surface area contributed by atoms with Crippen LogP contribution in [0.3, 0.4) is 0 Å². The minimum atomic E-state index is 0.104. The molecule has 18 heavy (non-hydrogen) atoms. The van der Waals surface area contributed by atoms with Crippen molar-refractivity contribution in [2.75, 3.05) is 26.3 Å². The van der Waals surface area contributed by atoms with Crippen molar-refractivity contribution in [3.63, 3.8) is 0 Å². The zero-order chi connectivity index (χ0) is 12.4. The standard InChI is InChI=1S/C15H23NO2/c1-13-5-6-14(18-13)15(7-11-17-12-8-15)16-9-3-2-4-10-16/h5-6H,2-4,7-12H2,1H3. The Kier molecular flexibility index (Phi) is 3.44. The molecule has 0 bridgehead atoms. The van der Waals surface area contributed by atoms with Crippen molar-refractivity contribution in [2.45, 2.75) is 44.6 Å². The normalized spacial score (nSPS) is 25.2. The topological polar surface area (TPSA) is 25.6 Å². The first-order valence-electron chi connectivity index (χ1n) is 7.21. The summed E-state index contributed by atoms with van der Waals surface area (Å²) in [5, 5.41) is 0. The van der Waals surface area contributed by atoms with Gasteiger partial charge in [0.15, 0.2) is 0 Å². The average molecular weight is 249 g/mol. The molecule has 0 aliphatic carbocycles. The number of hydrogen-bond acceptors (Lipinski definition) is 3. The highest BCUT2D eigenvalue weighted by molar-refractivity contribution is 5.17. The third-order valence-electron chi connectivity index (χ3n) is 4.48. The Bertz CT molecular complexity index is 387. The maximum absolute atomic E-state index is 5.98. The molecular weight excluding hydrogens is 226 g/mol. The van der Waals surface area contributed by atoms with Crippen molar-refractivity contribution >= 4 is 0 Å². The van der Waals surface area contributed by atoms with Crippen molar-refractivity contribution in [1.82, 2.24) is 4.90 Å². The van der Waals surface area contributed by atoms with E-state index < -0.39 is 0 Å². The highest BCUT2D eigenvalue weighted by Crippen LogP contribution is 2.40. The smallest absolute Gasteiger partial charge is 0.124 e. The highest BCUT2D eigenvalue weighted by atomic mass is 16.5. The zero-order valence-corrected chi connectivity index (χ0v) is 11.3. The van der Waals surface area contributed by atoms with Crippen LogP contribution < -0.4 is 0 Å². The monoisotopic (exact) mass is 249 g/mol. The Morgan fingerprint density at radius 3 is 2.39 bits per heavy atom. The minimum Gasteiger partial charge on any atom is -0.464 e. The van der Waals surface area contributed by atoms with Crippen LogP contribution in [0.4, 0.5) is 0 Å². The van der Waals surface area contributed by atoms with Gasteiger partial charge in [-0.3, -0.25) is 4.90 Å². The Morgan fingerprint density at radius 2 is 1.78 bits per heavy atom. The lowest BCUT2D eigenvalue weighted by Crippen LogP contribution is -2.51. The molecule has 3 heteroatoms. The van der Waals surface area contributed by atoms with E-state index in [4.69, 9.17) is 9.15 Å². The summed E-state index contributed by atoms with van der Waals surface area (Å²) in [5.41, 5.74) is 0.104. The summed E-state index contributed by atoms with van der Waals surface area (Å²) in [6.07, 6.45) is 6.16. The first-order chi connectivity index (χ1) is 8.81. The number of nitrogens with zero attached hydrogens (tertiary/aromatic N) is 1. The molecule has 2 fully saturated rings. The van der Waals surface area contributed by atoms with Crippen LogP contribution in [-0.4, -0.2) is 31.2 Å². The molecule has 2 aliphatic heterocycles. The predicted octanol–water partition coefficient (Wildman–Crippen LogP) is 3.08. The maximum atomic E-state index is 5.98. The van der Waals surface area contributed by atoms with Crippen LogP contribution in [0.15, 0.2) is 16.5 Å². The second kappa shape index (κ2) is 5.06. The van der Waals surface area contributed by atoms with Crippen LogP contribution in [0.2, 0.25) is 0 Å². The number of furan rings is 1. The first kappa shape index (κ1) is 12.2. The molecule has 0 spiro atoms. The zero-order valence-electron chi connectivity index (χ0n) is 11.3. The predicted molar refractivity (Wildman–Crippen MR) is 70.6 cm³/mol. The number of likely N-dealkylation sites (tertiary alicyclic amines) is 1. The lowest BCUT2D eigenvalue weighted by molar-refractivity contribution is -0.0513. The van der Waals surface area contributed by atoms with E-state index in [1.807, 2.05) is 6.92 Å². The summed E-state index contributed by atoms with van der Waals surface area (Å²) in [7, 11) is 0. The minimum absolute atomic E-state index is 0.104. The number of hydrogen-bond donors (Lipinski definition) is 0. The quantitative estimate of drug-likeness (QED) is 0.805. The molecule has 0 saturated carbocycles. The number of rotatable bonds is 2. The van der Waals surface area contributed by atoms with Gasteiger partial charge in [0.2, 0.25) is 0 Å². The molecule has 3 rings (SSSR count). The van der Waals surface area contributed by atoms with Gasteiger partial charge < -0.3 is 9.15 Å². The van der Waals surface area contributed by atoms with E-state index in [1.54, 1.807) is 0 Å². The van der Waals surface area contributed by atoms with Crippen LogP contribution in [0, 0.1) is 6.92 Å². The van der Waals surface area contributed by atoms with Gasteiger partial charge >= 0.3 is 0 Å². The molecule has 0 atom stereocenters. The van der Waals surface area contributed by atoms with Gasteiger partial charge in [-0.1, -0.05) is 6.42 Å². The van der Waals surface area contributed by atoms with Crippen LogP contribution in [0.5, 0.6) is 0 Å². The number of ether oxygens (including phenoxy) is 1. The Labute approximate surface area is 109 Å². The van der Waals surface area contributed by atoms with Crippen molar-refractivity contribution < 1.29 is 9.15 Å². The largest absolute Gasteiger partial charge is 0.464 e. The molecule has 1 aromatic rings. The highest BCUT2D eigenvalue weighted by Gasteiger charge is 2.42. The van der Waals surface area contributed by atoms with Gasteiger partial charge in [0.25, 0.3) is 0 Å². The molecule has 0 radical (unpaired) electrons. The molecule has 3 heterocycles. The summed E-state index contributed by atoms with van der Waals surface area (Å²) >= 11 is 0. The summed E-state index contributed by atoms with van der Waals surface area (Å²) in [5.74, 6) is 2.18. The van der Waals surface area contributed by atoms with Crippen LogP contribution in [-0.2, 0) is 10.3 Å². The summed E-state index contributed by atoms with van der Waals surface area (Å²) in [6.45, 7) is 6.17. The van der Waals surface area contributed by atoms with E-state index in [1.165, 1.54) is 32.4 Å². The molecule has 0 unspecified atom stereocenters. The molecule has 0 aromatic carbocycles. The third kappa shape index (κ3) is 2.10. The summed E-state index contributed by atoms with van der Waals surface area (Å²) in [6, 6.07) is 4.27. The van der Waals surface area contributed by atoms with Gasteiger partial charge in [0.05, 0.1) is 5.54 Å². The molecule has 100 valence electrons. The van der Waals surface area contributed by atoms with Crippen LogP contribution >= 0.6 is 0 Å². The summed E-state index contributed by atoms with van der Waals surface area (Å²) < 4.78 is 11.6. The van der Waals surface area contributed by atoms with Crippen molar-refractivity contribution in [3.8, 4) is 0 Å². The van der Waals surface area contributed by atoms with E-state index >= 15 is 0 Å². The van der Waals surface area contributed by atoms with Crippen LogP contribution in [0.1, 0.15) is 43.6 Å². The van der Waals surface area contributed by atoms with Gasteiger partial charge in [0.1, 0.15) is 11.5 Å². The molecule has 2 saturated heterocycles. The second-order valence-corrected chi connectivity index (χ2v) is 5.60. The fourth-order valence-electron chi connectivity index (χ4n) is 3.43. The van der Waals surface area contributed by atoms with E-state index in [9.17, 15) is 0 Å². The third-order valence-corrected chi connectivity index (χ3v) is 4.48. The fourth-order valence-corrected chi connectivity index (χ4v) is 3.43.